The summed E-state index contributed by atoms with van der Waals surface area (Å²) in [7, 11) is 1.57. The van der Waals surface area contributed by atoms with Gasteiger partial charge in [-0.25, -0.2) is 13.8 Å². The fourth-order valence-corrected chi connectivity index (χ4v) is 3.55. The van der Waals surface area contributed by atoms with Gasteiger partial charge >= 0.3 is 0 Å². The maximum absolute atomic E-state index is 13.9. The Morgan fingerprint density at radius 2 is 1.96 bits per heavy atom. The molecule has 1 heterocycles. The maximum Gasteiger partial charge on any atom is 0.273 e. The van der Waals surface area contributed by atoms with Crippen LogP contribution in [0.4, 0.5) is 8.78 Å². The Bertz CT molecular complexity index is 929. The van der Waals surface area contributed by atoms with Gasteiger partial charge in [-0.05, 0) is 30.3 Å². The van der Waals surface area contributed by atoms with E-state index in [1.54, 1.807) is 42.8 Å². The summed E-state index contributed by atoms with van der Waals surface area (Å²) < 4.78 is 28.4. The molecule has 0 saturated heterocycles. The number of rotatable bonds is 4. The Balaban J connectivity index is 1.79. The number of hydrogen-bond acceptors (Lipinski definition) is 3. The average Bonchev–Trinajstić information content (AvgIpc) is 3.07. The molecule has 0 aliphatic carbocycles. The highest BCUT2D eigenvalue weighted by Crippen LogP contribution is 2.26. The van der Waals surface area contributed by atoms with E-state index in [0.29, 0.717) is 16.1 Å². The Hall–Kier alpha value is -2.12. The van der Waals surface area contributed by atoms with Crippen molar-refractivity contribution in [2.24, 2.45) is 0 Å². The number of carbonyl (C=O) groups is 1. The molecule has 1 amide bonds. The molecule has 0 aliphatic rings. The van der Waals surface area contributed by atoms with Crippen molar-refractivity contribution in [2.75, 3.05) is 7.05 Å². The van der Waals surface area contributed by atoms with Gasteiger partial charge in [0.15, 0.2) is 0 Å². The lowest BCUT2D eigenvalue weighted by Gasteiger charge is -2.16. The Labute approximate surface area is 156 Å². The zero-order valence-electron chi connectivity index (χ0n) is 13.2. The molecule has 0 spiro atoms. The number of amides is 1. The van der Waals surface area contributed by atoms with Crippen molar-refractivity contribution in [2.45, 2.75) is 6.54 Å². The fourth-order valence-electron chi connectivity index (χ4n) is 2.32. The van der Waals surface area contributed by atoms with E-state index in [2.05, 4.69) is 20.9 Å². The van der Waals surface area contributed by atoms with Gasteiger partial charge in [0.2, 0.25) is 0 Å². The summed E-state index contributed by atoms with van der Waals surface area (Å²) >= 11 is 4.48. The predicted molar refractivity (Wildman–Crippen MR) is 97.4 cm³/mol. The summed E-state index contributed by atoms with van der Waals surface area (Å²) in [5.74, 6) is -1.12. The van der Waals surface area contributed by atoms with E-state index in [1.807, 2.05) is 0 Å². The predicted octanol–water partition coefficient (Wildman–Crippen LogP) is 5.12. The van der Waals surface area contributed by atoms with Crippen molar-refractivity contribution in [1.29, 1.82) is 0 Å². The van der Waals surface area contributed by atoms with E-state index in [1.165, 1.54) is 28.4 Å². The van der Waals surface area contributed by atoms with Crippen molar-refractivity contribution >= 4 is 33.2 Å². The molecule has 3 rings (SSSR count). The highest BCUT2D eigenvalue weighted by molar-refractivity contribution is 9.10. The van der Waals surface area contributed by atoms with Crippen LogP contribution >= 0.6 is 27.3 Å². The van der Waals surface area contributed by atoms with Crippen LogP contribution in [-0.4, -0.2) is 22.8 Å². The third-order valence-corrected chi connectivity index (χ3v) is 4.96. The van der Waals surface area contributed by atoms with Crippen molar-refractivity contribution in [3.05, 3.63) is 75.2 Å². The number of aromatic nitrogens is 1. The number of thiazole rings is 1. The molecule has 0 N–H and O–H groups in total. The molecule has 3 nitrogen and oxygen atoms in total. The summed E-state index contributed by atoms with van der Waals surface area (Å²) in [6.07, 6.45) is 0. The van der Waals surface area contributed by atoms with Crippen LogP contribution in [0.25, 0.3) is 10.6 Å². The lowest BCUT2D eigenvalue weighted by Crippen LogP contribution is -2.26. The van der Waals surface area contributed by atoms with Crippen molar-refractivity contribution < 1.29 is 13.6 Å². The second kappa shape index (κ2) is 7.41. The van der Waals surface area contributed by atoms with Gasteiger partial charge in [0.25, 0.3) is 5.91 Å². The quantitative estimate of drug-likeness (QED) is 0.584. The number of hydrogen-bond donors (Lipinski definition) is 0. The second-order valence-electron chi connectivity index (χ2n) is 5.41. The van der Waals surface area contributed by atoms with Crippen molar-refractivity contribution in [3.63, 3.8) is 0 Å². The summed E-state index contributed by atoms with van der Waals surface area (Å²) in [6, 6.07) is 10.8. The van der Waals surface area contributed by atoms with Gasteiger partial charge in [0, 0.05) is 34.6 Å². The normalized spacial score (nSPS) is 10.7. The molecule has 0 saturated carbocycles. The van der Waals surface area contributed by atoms with Crippen LogP contribution in [-0.2, 0) is 6.54 Å². The fraction of sp³-hybridized carbons (Fsp3) is 0.111. The van der Waals surface area contributed by atoms with Crippen LogP contribution in [0.2, 0.25) is 0 Å². The molecule has 0 aliphatic heterocycles. The minimum absolute atomic E-state index is 0.108. The maximum atomic E-state index is 13.9. The smallest absolute Gasteiger partial charge is 0.273 e. The topological polar surface area (TPSA) is 33.2 Å². The highest BCUT2D eigenvalue weighted by Gasteiger charge is 2.18. The van der Waals surface area contributed by atoms with Gasteiger partial charge < -0.3 is 4.90 Å². The third kappa shape index (κ3) is 3.93. The highest BCUT2D eigenvalue weighted by atomic mass is 79.9. The van der Waals surface area contributed by atoms with Gasteiger partial charge in [-0.2, -0.15) is 0 Å². The second-order valence-corrected chi connectivity index (χ2v) is 7.19. The Morgan fingerprint density at radius 3 is 2.72 bits per heavy atom. The van der Waals surface area contributed by atoms with Gasteiger partial charge in [0.05, 0.1) is 0 Å². The molecule has 0 unspecified atom stereocenters. The number of carbonyl (C=O) groups excluding carboxylic acids is 1. The monoisotopic (exact) mass is 422 g/mol. The summed E-state index contributed by atoms with van der Waals surface area (Å²) in [5.41, 5.74) is 0.961. The molecule has 0 bridgehead atoms. The van der Waals surface area contributed by atoms with Crippen LogP contribution in [0.15, 0.2) is 52.3 Å². The van der Waals surface area contributed by atoms with Crippen LogP contribution < -0.4 is 0 Å². The molecule has 0 atom stereocenters. The first-order valence-electron chi connectivity index (χ1n) is 7.35. The van der Waals surface area contributed by atoms with Crippen LogP contribution in [0.1, 0.15) is 16.1 Å². The molecule has 1 aromatic heterocycles. The number of benzene rings is 2. The molecule has 0 radical (unpaired) electrons. The SMILES string of the molecule is CN(Cc1cc(Br)ccc1F)C(=O)c1csc(-c2ccccc2F)n1. The van der Waals surface area contributed by atoms with Crippen molar-refractivity contribution in [1.82, 2.24) is 9.88 Å². The summed E-state index contributed by atoms with van der Waals surface area (Å²) in [4.78, 5) is 18.1. The van der Waals surface area contributed by atoms with E-state index < -0.39 is 0 Å². The zero-order valence-corrected chi connectivity index (χ0v) is 15.6. The molecule has 25 heavy (non-hydrogen) atoms. The summed E-state index contributed by atoms with van der Waals surface area (Å²) in [5, 5.41) is 2.02. The van der Waals surface area contributed by atoms with E-state index >= 15 is 0 Å². The lowest BCUT2D eigenvalue weighted by molar-refractivity contribution is 0.0779. The van der Waals surface area contributed by atoms with Crippen LogP contribution in [0.5, 0.6) is 0 Å². The Morgan fingerprint density at radius 1 is 1.20 bits per heavy atom. The van der Waals surface area contributed by atoms with Gasteiger partial charge in [-0.3, -0.25) is 4.79 Å². The summed E-state index contributed by atoms with van der Waals surface area (Å²) in [6.45, 7) is 0.108. The zero-order chi connectivity index (χ0) is 18.0. The molecular weight excluding hydrogens is 410 g/mol. The first kappa shape index (κ1) is 17.7. The standard InChI is InChI=1S/C18H13BrF2N2OS/c1-23(9-11-8-12(19)6-7-14(11)20)18(24)16-10-25-17(22-16)13-4-2-3-5-15(13)21/h2-8,10H,9H2,1H3. The van der Waals surface area contributed by atoms with E-state index in [4.69, 9.17) is 0 Å². The average molecular weight is 423 g/mol. The molecule has 0 fully saturated rings. The lowest BCUT2D eigenvalue weighted by atomic mass is 10.2. The Kier molecular flexibility index (Phi) is 5.24. The molecule has 128 valence electrons. The van der Waals surface area contributed by atoms with E-state index in [-0.39, 0.29) is 29.8 Å². The third-order valence-electron chi connectivity index (χ3n) is 3.59. The molecule has 7 heteroatoms. The first-order chi connectivity index (χ1) is 12.0. The molecular formula is C18H13BrF2N2OS. The number of halogens is 3. The van der Waals surface area contributed by atoms with Gasteiger partial charge in [-0.1, -0.05) is 28.1 Å². The van der Waals surface area contributed by atoms with Gasteiger partial charge in [-0.15, -0.1) is 11.3 Å². The first-order valence-corrected chi connectivity index (χ1v) is 9.03. The van der Waals surface area contributed by atoms with Crippen LogP contribution in [0, 0.1) is 11.6 Å². The van der Waals surface area contributed by atoms with Gasteiger partial charge in [0.1, 0.15) is 22.3 Å². The minimum atomic E-state index is -0.389. The molecule has 2 aromatic carbocycles. The number of nitrogens with zero attached hydrogens (tertiary/aromatic N) is 2. The largest absolute Gasteiger partial charge is 0.336 e. The van der Waals surface area contributed by atoms with E-state index in [0.717, 1.165) is 4.47 Å². The molecule has 3 aromatic rings. The van der Waals surface area contributed by atoms with Crippen molar-refractivity contribution in [3.8, 4) is 10.6 Å². The van der Waals surface area contributed by atoms with Crippen LogP contribution in [0.3, 0.4) is 0 Å². The van der Waals surface area contributed by atoms with E-state index in [9.17, 15) is 13.6 Å². The minimum Gasteiger partial charge on any atom is -0.336 e.